The Morgan fingerprint density at radius 2 is 1.91 bits per heavy atom. The van der Waals surface area contributed by atoms with E-state index in [4.69, 9.17) is 26.2 Å². The van der Waals surface area contributed by atoms with Crippen molar-refractivity contribution in [3.8, 4) is 5.75 Å². The Labute approximate surface area is 202 Å². The van der Waals surface area contributed by atoms with E-state index in [1.807, 2.05) is 62.4 Å². The van der Waals surface area contributed by atoms with Crippen LogP contribution in [0.3, 0.4) is 0 Å². The summed E-state index contributed by atoms with van der Waals surface area (Å²) >= 11 is 7.78. The topological polar surface area (TPSA) is 78.3 Å². The number of benzene rings is 2. The smallest absolute Gasteiger partial charge is 0.338 e. The van der Waals surface area contributed by atoms with Gasteiger partial charge in [-0.15, -0.1) is 5.10 Å². The molecule has 9 heteroatoms. The van der Waals surface area contributed by atoms with Gasteiger partial charge in [0.15, 0.2) is 0 Å². The van der Waals surface area contributed by atoms with Crippen molar-refractivity contribution in [2.45, 2.75) is 37.7 Å². The number of fused-ring (bicyclic) bond motifs is 1. The minimum absolute atomic E-state index is 0.286. The third-order valence-electron chi connectivity index (χ3n) is 5.15. The van der Waals surface area contributed by atoms with Gasteiger partial charge in [-0.3, -0.25) is 0 Å². The van der Waals surface area contributed by atoms with Gasteiger partial charge < -0.3 is 14.8 Å². The molecule has 0 radical (unpaired) electrons. The van der Waals surface area contributed by atoms with Gasteiger partial charge in [-0.2, -0.15) is 4.98 Å². The molecule has 33 heavy (non-hydrogen) atoms. The van der Waals surface area contributed by atoms with Gasteiger partial charge in [-0.25, -0.2) is 9.48 Å². The standard InChI is InChI=1S/C24H25ClN4O3S/c1-4-31-18-12-10-16(11-13-18)21-20(22(30)32-5-2)15(3)26-23-27-24(28-29(21)23)33-14-17-8-6-7-9-19(17)25/h6-13,21H,4-5,14H2,1-3H3,(H,26,27,28). The van der Waals surface area contributed by atoms with Crippen LogP contribution in [0.15, 0.2) is 65.0 Å². The average Bonchev–Trinajstić information content (AvgIpc) is 3.21. The van der Waals surface area contributed by atoms with Gasteiger partial charge in [-0.1, -0.05) is 53.7 Å². The Morgan fingerprint density at radius 1 is 1.15 bits per heavy atom. The number of nitrogens with one attached hydrogen (secondary N) is 1. The average molecular weight is 485 g/mol. The largest absolute Gasteiger partial charge is 0.494 e. The zero-order chi connectivity index (χ0) is 23.4. The van der Waals surface area contributed by atoms with E-state index >= 15 is 0 Å². The number of rotatable bonds is 8. The molecule has 0 aliphatic carbocycles. The molecule has 4 rings (SSSR count). The van der Waals surface area contributed by atoms with Gasteiger partial charge in [0.1, 0.15) is 11.8 Å². The molecule has 1 atom stereocenters. The van der Waals surface area contributed by atoms with Crippen molar-refractivity contribution in [1.82, 2.24) is 14.8 Å². The number of nitrogens with zero attached hydrogens (tertiary/aromatic N) is 3. The SMILES string of the molecule is CCOC(=O)C1=C(C)Nc2nc(SCc3ccccc3Cl)nn2C1c1ccc(OCC)cc1. The van der Waals surface area contributed by atoms with Crippen molar-refractivity contribution in [2.75, 3.05) is 18.5 Å². The van der Waals surface area contributed by atoms with E-state index in [1.54, 1.807) is 11.6 Å². The normalized spacial score (nSPS) is 15.1. The third kappa shape index (κ3) is 5.02. The fraction of sp³-hybridized carbons (Fsp3) is 0.292. The molecule has 172 valence electrons. The van der Waals surface area contributed by atoms with Crippen LogP contribution in [0.5, 0.6) is 5.75 Å². The highest BCUT2D eigenvalue weighted by Gasteiger charge is 2.35. The molecule has 1 aromatic heterocycles. The molecule has 0 saturated heterocycles. The van der Waals surface area contributed by atoms with Crippen molar-refractivity contribution in [3.63, 3.8) is 0 Å². The summed E-state index contributed by atoms with van der Waals surface area (Å²) in [6.45, 7) is 6.45. The van der Waals surface area contributed by atoms with E-state index in [-0.39, 0.29) is 12.6 Å². The second kappa shape index (κ2) is 10.3. The number of anilines is 1. The van der Waals surface area contributed by atoms with E-state index in [9.17, 15) is 4.79 Å². The first-order valence-corrected chi connectivity index (χ1v) is 12.1. The molecule has 3 aromatic rings. The summed E-state index contributed by atoms with van der Waals surface area (Å²) in [7, 11) is 0. The monoisotopic (exact) mass is 484 g/mol. The zero-order valence-corrected chi connectivity index (χ0v) is 20.2. The maximum absolute atomic E-state index is 12.9. The molecule has 0 fully saturated rings. The highest BCUT2D eigenvalue weighted by atomic mass is 35.5. The minimum Gasteiger partial charge on any atom is -0.494 e. The molecule has 1 N–H and O–H groups in total. The first-order chi connectivity index (χ1) is 16.0. The van der Waals surface area contributed by atoms with Crippen LogP contribution < -0.4 is 10.1 Å². The van der Waals surface area contributed by atoms with Crippen molar-refractivity contribution < 1.29 is 14.3 Å². The summed E-state index contributed by atoms with van der Waals surface area (Å²) in [5.41, 5.74) is 3.08. The number of carbonyl (C=O) groups is 1. The van der Waals surface area contributed by atoms with Crippen molar-refractivity contribution >= 4 is 35.3 Å². The Balaban J connectivity index is 1.68. The van der Waals surface area contributed by atoms with Crippen LogP contribution in [-0.4, -0.2) is 33.9 Å². The Kier molecular flexibility index (Phi) is 7.25. The summed E-state index contributed by atoms with van der Waals surface area (Å²) in [5.74, 6) is 1.59. The Bertz CT molecular complexity index is 1180. The maximum atomic E-state index is 12.9. The van der Waals surface area contributed by atoms with Crippen molar-refractivity contribution in [3.05, 3.63) is 76.0 Å². The summed E-state index contributed by atoms with van der Waals surface area (Å²) < 4.78 is 12.7. The predicted molar refractivity (Wildman–Crippen MR) is 130 cm³/mol. The molecular formula is C24H25ClN4O3S. The van der Waals surface area contributed by atoms with Crippen LogP contribution in [-0.2, 0) is 15.3 Å². The summed E-state index contributed by atoms with van der Waals surface area (Å²) in [6.07, 6.45) is 0. The van der Waals surface area contributed by atoms with Crippen LogP contribution in [0.2, 0.25) is 5.02 Å². The van der Waals surface area contributed by atoms with E-state index in [1.165, 1.54) is 11.8 Å². The second-order valence-corrected chi connectivity index (χ2v) is 8.68. The van der Waals surface area contributed by atoms with Crippen molar-refractivity contribution in [1.29, 1.82) is 0 Å². The van der Waals surface area contributed by atoms with Gasteiger partial charge in [0.2, 0.25) is 11.1 Å². The van der Waals surface area contributed by atoms with Crippen LogP contribution in [0, 0.1) is 0 Å². The van der Waals surface area contributed by atoms with Gasteiger partial charge in [-0.05, 0) is 50.1 Å². The summed E-state index contributed by atoms with van der Waals surface area (Å²) in [4.78, 5) is 17.6. The van der Waals surface area contributed by atoms with E-state index in [0.717, 1.165) is 16.9 Å². The van der Waals surface area contributed by atoms with E-state index < -0.39 is 6.04 Å². The van der Waals surface area contributed by atoms with Gasteiger partial charge in [0.05, 0.1) is 18.8 Å². The maximum Gasteiger partial charge on any atom is 0.338 e. The number of hydrogen-bond donors (Lipinski definition) is 1. The molecular weight excluding hydrogens is 460 g/mol. The van der Waals surface area contributed by atoms with E-state index in [0.29, 0.717) is 39.8 Å². The quantitative estimate of drug-likeness (QED) is 0.335. The number of carbonyl (C=O) groups excluding carboxylic acids is 1. The minimum atomic E-state index is -0.474. The van der Waals surface area contributed by atoms with Crippen LogP contribution >= 0.6 is 23.4 Å². The highest BCUT2D eigenvalue weighted by Crippen LogP contribution is 2.37. The Morgan fingerprint density at radius 3 is 2.61 bits per heavy atom. The lowest BCUT2D eigenvalue weighted by Gasteiger charge is -2.28. The predicted octanol–water partition coefficient (Wildman–Crippen LogP) is 5.47. The lowest BCUT2D eigenvalue weighted by atomic mass is 9.96. The molecule has 2 heterocycles. The summed E-state index contributed by atoms with van der Waals surface area (Å²) in [5, 5.41) is 9.24. The lowest BCUT2D eigenvalue weighted by Crippen LogP contribution is -2.29. The lowest BCUT2D eigenvalue weighted by molar-refractivity contribution is -0.139. The zero-order valence-electron chi connectivity index (χ0n) is 18.7. The van der Waals surface area contributed by atoms with E-state index in [2.05, 4.69) is 10.3 Å². The molecule has 1 aliphatic rings. The highest BCUT2D eigenvalue weighted by molar-refractivity contribution is 7.98. The summed E-state index contributed by atoms with van der Waals surface area (Å²) in [6, 6.07) is 14.9. The molecule has 0 spiro atoms. The van der Waals surface area contributed by atoms with Crippen LogP contribution in [0.1, 0.15) is 37.9 Å². The van der Waals surface area contributed by atoms with Gasteiger partial charge >= 0.3 is 5.97 Å². The molecule has 0 amide bonds. The molecule has 1 unspecified atom stereocenters. The van der Waals surface area contributed by atoms with Crippen molar-refractivity contribution in [2.24, 2.45) is 0 Å². The Hall–Kier alpha value is -2.97. The number of ether oxygens (including phenoxy) is 2. The number of aromatic nitrogens is 3. The first kappa shape index (κ1) is 23.2. The number of hydrogen-bond acceptors (Lipinski definition) is 7. The van der Waals surface area contributed by atoms with Gasteiger partial charge in [0.25, 0.3) is 0 Å². The third-order valence-corrected chi connectivity index (χ3v) is 6.41. The first-order valence-electron chi connectivity index (χ1n) is 10.7. The molecule has 2 aromatic carbocycles. The fourth-order valence-corrected chi connectivity index (χ4v) is 4.76. The number of esters is 1. The number of allylic oxidation sites excluding steroid dienone is 1. The number of thioether (sulfide) groups is 1. The molecule has 0 saturated carbocycles. The molecule has 1 aliphatic heterocycles. The fourth-order valence-electron chi connectivity index (χ4n) is 3.64. The molecule has 7 nitrogen and oxygen atoms in total. The number of halogens is 1. The van der Waals surface area contributed by atoms with Crippen LogP contribution in [0.25, 0.3) is 0 Å². The second-order valence-electron chi connectivity index (χ2n) is 7.33. The molecule has 0 bridgehead atoms. The van der Waals surface area contributed by atoms with Gasteiger partial charge in [0, 0.05) is 16.5 Å². The van der Waals surface area contributed by atoms with Crippen LogP contribution in [0.4, 0.5) is 5.95 Å².